The topological polar surface area (TPSA) is 40.1 Å². The van der Waals surface area contributed by atoms with Crippen molar-refractivity contribution in [3.63, 3.8) is 0 Å². The highest BCUT2D eigenvalue weighted by Gasteiger charge is 2.41. The lowest BCUT2D eigenvalue weighted by atomic mass is 9.89. The average molecular weight is 746 g/mol. The van der Waals surface area contributed by atoms with E-state index >= 15 is 0 Å². The van der Waals surface area contributed by atoms with Crippen LogP contribution in [0.3, 0.4) is 0 Å². The molecule has 0 N–H and O–H groups in total. The van der Waals surface area contributed by atoms with E-state index in [1.54, 1.807) is 0 Å². The summed E-state index contributed by atoms with van der Waals surface area (Å²) in [6.07, 6.45) is 41.6. The summed E-state index contributed by atoms with van der Waals surface area (Å²) in [5, 5.41) is 11.7. The van der Waals surface area contributed by atoms with Crippen LogP contribution in [0.15, 0.2) is 60.7 Å². The summed E-state index contributed by atoms with van der Waals surface area (Å²) in [4.78, 5) is 11.7. The third-order valence-corrected chi connectivity index (χ3v) is 12.5. The predicted octanol–water partition coefficient (Wildman–Crippen LogP) is 15.2. The van der Waals surface area contributed by atoms with Crippen molar-refractivity contribution in [2.24, 2.45) is 0 Å². The molecule has 0 radical (unpaired) electrons. The number of rotatable bonds is 38. The van der Waals surface area contributed by atoms with Crippen LogP contribution in [0.5, 0.6) is 0 Å². The Bertz CT molecular complexity index is 1030. The normalized spacial score (nSPS) is 13.8. The molecule has 3 heteroatoms. The van der Waals surface area contributed by atoms with E-state index in [4.69, 9.17) is 0 Å². The Kier molecular flexibility index (Phi) is 29.4. The molecule has 0 aliphatic heterocycles. The molecule has 0 spiro atoms. The van der Waals surface area contributed by atoms with Gasteiger partial charge in [-0.2, -0.15) is 0 Å². The average Bonchev–Trinajstić information content (AvgIpc) is 3.18. The van der Waals surface area contributed by atoms with Crippen LogP contribution in [0.25, 0.3) is 0 Å². The van der Waals surface area contributed by atoms with Crippen LogP contribution >= 0.6 is 0 Å². The van der Waals surface area contributed by atoms with Crippen molar-refractivity contribution >= 4 is 5.97 Å². The van der Waals surface area contributed by atoms with Crippen LogP contribution in [0, 0.1) is 0 Å². The number of unbranched alkanes of at least 4 members (excludes halogenated alkanes) is 26. The number of carboxylic acids is 1. The second kappa shape index (κ2) is 33.1. The number of hydrogen-bond donors (Lipinski definition) is 0. The highest BCUT2D eigenvalue weighted by molar-refractivity contribution is 5.64. The van der Waals surface area contributed by atoms with Gasteiger partial charge in [0.05, 0.1) is 13.6 Å². The van der Waals surface area contributed by atoms with Crippen LogP contribution in [0.1, 0.15) is 243 Å². The van der Waals surface area contributed by atoms with Gasteiger partial charge in [0, 0.05) is 36.4 Å². The number of nitrogens with zero attached hydrogens (tertiary/aromatic N) is 1. The molecule has 54 heavy (non-hydrogen) atoms. The van der Waals surface area contributed by atoms with Gasteiger partial charge < -0.3 is 14.4 Å². The smallest absolute Gasteiger partial charge is 0.115 e. The third-order valence-electron chi connectivity index (χ3n) is 12.5. The summed E-state index contributed by atoms with van der Waals surface area (Å²) in [6, 6.07) is 23.1. The minimum absolute atomic E-state index is 0.134. The van der Waals surface area contributed by atoms with E-state index in [9.17, 15) is 9.90 Å². The SMILES string of the molecule is CCCCCCCCCCCCCCCCC(c1ccccc1)[N+](C)(CCCC(=O)[O-])C(CCCCCCCCCCCCCCCC)c1ccccc1. The Morgan fingerprint density at radius 3 is 1.00 bits per heavy atom. The molecule has 0 aliphatic carbocycles. The standard InChI is InChI=1S/C51H87NO2/c1-4-6-8-10-12-14-16-18-20-22-24-26-28-36-43-49(47-39-32-30-33-40-47)52(3,46-38-45-51(53)54)50(48-41-34-31-35-42-48)44-37-29-27-25-23-21-19-17-15-13-11-9-7-5-2/h30-35,39-42,49-50H,4-29,36-38,43-46H2,1-3H3. The zero-order valence-electron chi connectivity index (χ0n) is 36.0. The number of quaternary nitrogens is 1. The van der Waals surface area contributed by atoms with Crippen molar-refractivity contribution < 1.29 is 14.4 Å². The molecule has 2 rings (SSSR count). The molecule has 0 amide bonds. The molecule has 0 aliphatic rings. The van der Waals surface area contributed by atoms with Crippen molar-refractivity contribution in [1.29, 1.82) is 0 Å². The van der Waals surface area contributed by atoms with Crippen LogP contribution < -0.4 is 5.11 Å². The first kappa shape index (κ1) is 48.0. The molecule has 0 saturated carbocycles. The highest BCUT2D eigenvalue weighted by atomic mass is 16.4. The van der Waals surface area contributed by atoms with Gasteiger partial charge in [-0.25, -0.2) is 0 Å². The largest absolute Gasteiger partial charge is 0.550 e. The Balaban J connectivity index is 1.97. The number of hydrogen-bond acceptors (Lipinski definition) is 2. The molecule has 308 valence electrons. The first-order valence-corrected chi connectivity index (χ1v) is 23.7. The molecule has 0 heterocycles. The van der Waals surface area contributed by atoms with E-state index in [1.165, 1.54) is 191 Å². The maximum absolute atomic E-state index is 11.7. The summed E-state index contributed by atoms with van der Waals surface area (Å²) in [5.74, 6) is -0.923. The van der Waals surface area contributed by atoms with Gasteiger partial charge in [-0.15, -0.1) is 0 Å². The fourth-order valence-corrected chi connectivity index (χ4v) is 9.11. The van der Waals surface area contributed by atoms with Gasteiger partial charge in [0.15, 0.2) is 0 Å². The van der Waals surface area contributed by atoms with Crippen molar-refractivity contribution in [1.82, 2.24) is 0 Å². The van der Waals surface area contributed by atoms with Gasteiger partial charge in [0.2, 0.25) is 0 Å². The van der Waals surface area contributed by atoms with E-state index in [2.05, 4.69) is 81.6 Å². The third kappa shape index (κ3) is 22.4. The van der Waals surface area contributed by atoms with Crippen molar-refractivity contribution in [3.05, 3.63) is 71.8 Å². The predicted molar refractivity (Wildman–Crippen MR) is 234 cm³/mol. The lowest BCUT2D eigenvalue weighted by Crippen LogP contribution is -2.50. The van der Waals surface area contributed by atoms with Crippen molar-refractivity contribution in [2.45, 2.75) is 231 Å². The van der Waals surface area contributed by atoms with Gasteiger partial charge in [-0.1, -0.05) is 241 Å². The maximum Gasteiger partial charge on any atom is 0.115 e. The Hall–Kier alpha value is -2.13. The summed E-state index contributed by atoms with van der Waals surface area (Å²) < 4.78 is 0.873. The van der Waals surface area contributed by atoms with Crippen LogP contribution in [-0.4, -0.2) is 24.0 Å². The van der Waals surface area contributed by atoms with Gasteiger partial charge in [0.1, 0.15) is 12.1 Å². The van der Waals surface area contributed by atoms with Crippen LogP contribution in [0.4, 0.5) is 0 Å². The molecule has 0 fully saturated rings. The first-order chi connectivity index (χ1) is 26.5. The fourth-order valence-electron chi connectivity index (χ4n) is 9.11. The number of carbonyl (C=O) groups excluding carboxylic acids is 1. The lowest BCUT2D eigenvalue weighted by molar-refractivity contribution is -0.969. The molecule has 2 aromatic rings. The molecule has 0 aromatic heterocycles. The second-order valence-corrected chi connectivity index (χ2v) is 17.2. The molecule has 0 bridgehead atoms. The van der Waals surface area contributed by atoms with Crippen molar-refractivity contribution in [2.75, 3.05) is 13.6 Å². The summed E-state index contributed by atoms with van der Waals surface area (Å²) in [6.45, 7) is 5.44. The number of aliphatic carboxylic acids is 1. The Labute approximate surface area is 336 Å². The van der Waals surface area contributed by atoms with Crippen LogP contribution in [0.2, 0.25) is 0 Å². The fraction of sp³-hybridized carbons (Fsp3) is 0.745. The molecule has 2 atom stereocenters. The van der Waals surface area contributed by atoms with Gasteiger partial charge in [0.25, 0.3) is 0 Å². The molecule has 3 nitrogen and oxygen atoms in total. The summed E-state index contributed by atoms with van der Waals surface area (Å²) in [7, 11) is 2.46. The van der Waals surface area contributed by atoms with Gasteiger partial charge >= 0.3 is 0 Å². The second-order valence-electron chi connectivity index (χ2n) is 17.2. The molecular formula is C51H87NO2. The van der Waals surface area contributed by atoms with E-state index in [-0.39, 0.29) is 6.42 Å². The van der Waals surface area contributed by atoms with E-state index in [1.807, 2.05) is 0 Å². The maximum atomic E-state index is 11.7. The minimum Gasteiger partial charge on any atom is -0.550 e. The summed E-state index contributed by atoms with van der Waals surface area (Å²) >= 11 is 0. The van der Waals surface area contributed by atoms with Gasteiger partial charge in [-0.05, 0) is 19.3 Å². The van der Waals surface area contributed by atoms with Crippen molar-refractivity contribution in [3.8, 4) is 0 Å². The zero-order valence-corrected chi connectivity index (χ0v) is 36.0. The zero-order chi connectivity index (χ0) is 38.8. The lowest BCUT2D eigenvalue weighted by Gasteiger charge is -2.48. The summed E-state index contributed by atoms with van der Waals surface area (Å²) in [5.41, 5.74) is 2.81. The molecular weight excluding hydrogens is 659 g/mol. The van der Waals surface area contributed by atoms with Crippen LogP contribution in [-0.2, 0) is 4.79 Å². The molecule has 2 aromatic carbocycles. The number of benzene rings is 2. The van der Waals surface area contributed by atoms with Gasteiger partial charge in [-0.3, -0.25) is 0 Å². The first-order valence-electron chi connectivity index (χ1n) is 23.7. The highest BCUT2D eigenvalue weighted by Crippen LogP contribution is 2.43. The van der Waals surface area contributed by atoms with E-state index in [0.717, 1.165) is 23.9 Å². The van der Waals surface area contributed by atoms with E-state index in [0.29, 0.717) is 18.5 Å². The number of carboxylic acid groups (broad SMARTS) is 1. The Morgan fingerprint density at radius 2 is 0.722 bits per heavy atom. The molecule has 2 unspecified atom stereocenters. The minimum atomic E-state index is -0.923. The monoisotopic (exact) mass is 746 g/mol. The van der Waals surface area contributed by atoms with E-state index < -0.39 is 5.97 Å². The number of carbonyl (C=O) groups is 1. The molecule has 0 saturated heterocycles. The Morgan fingerprint density at radius 1 is 0.444 bits per heavy atom. The quantitative estimate of drug-likeness (QED) is 0.0507.